The largest absolute Gasteiger partial charge is 0.481 e. The van der Waals surface area contributed by atoms with Crippen LogP contribution in [0, 0.1) is 6.92 Å². The smallest absolute Gasteiger partial charge is 0.344 e. The lowest BCUT2D eigenvalue weighted by atomic mass is 10.0. The zero-order valence-corrected chi connectivity index (χ0v) is 15.8. The van der Waals surface area contributed by atoms with Gasteiger partial charge in [-0.15, -0.1) is 0 Å². The van der Waals surface area contributed by atoms with Crippen molar-refractivity contribution in [3.05, 3.63) is 39.7 Å². The van der Waals surface area contributed by atoms with E-state index in [2.05, 4.69) is 0 Å². The molecular weight excluding hydrogens is 352 g/mol. The number of carbonyl (C=O) groups excluding carboxylic acids is 2. The Morgan fingerprint density at radius 3 is 2.56 bits per heavy atom. The topological polar surface area (TPSA) is 92.0 Å². The molecule has 1 aromatic carbocycles. The molecule has 0 radical (unpaired) electrons. The second-order valence-electron chi connectivity index (χ2n) is 6.02. The standard InChI is InChI=1S/C20H24O7/c1-4-8-25-18(21)7-6-14-10-15-13(3)9-19(22)27-17(15)11-16(14)26-12-20(23)24-5-2/h9-11H,4-8,12H2,1-3H3. The summed E-state index contributed by atoms with van der Waals surface area (Å²) >= 11 is 0. The monoisotopic (exact) mass is 376 g/mol. The van der Waals surface area contributed by atoms with E-state index in [9.17, 15) is 14.4 Å². The van der Waals surface area contributed by atoms with Crippen molar-refractivity contribution in [1.82, 2.24) is 0 Å². The third-order valence-electron chi connectivity index (χ3n) is 3.85. The molecule has 0 saturated heterocycles. The van der Waals surface area contributed by atoms with Crippen LogP contribution in [-0.4, -0.2) is 31.8 Å². The van der Waals surface area contributed by atoms with Gasteiger partial charge in [0.2, 0.25) is 0 Å². The van der Waals surface area contributed by atoms with Gasteiger partial charge < -0.3 is 18.6 Å². The summed E-state index contributed by atoms with van der Waals surface area (Å²) in [7, 11) is 0. The van der Waals surface area contributed by atoms with E-state index >= 15 is 0 Å². The van der Waals surface area contributed by atoms with Crippen molar-refractivity contribution in [2.24, 2.45) is 0 Å². The molecule has 7 nitrogen and oxygen atoms in total. The first-order valence-corrected chi connectivity index (χ1v) is 8.96. The van der Waals surface area contributed by atoms with E-state index in [4.69, 9.17) is 18.6 Å². The SMILES string of the molecule is CCCOC(=O)CCc1cc2c(C)cc(=O)oc2cc1OCC(=O)OCC. The second-order valence-corrected chi connectivity index (χ2v) is 6.02. The molecule has 0 aliphatic heterocycles. The van der Waals surface area contributed by atoms with E-state index in [0.717, 1.165) is 22.9 Å². The highest BCUT2D eigenvalue weighted by Gasteiger charge is 2.14. The predicted molar refractivity (Wildman–Crippen MR) is 98.9 cm³/mol. The number of carbonyl (C=O) groups is 2. The number of ether oxygens (including phenoxy) is 3. The molecule has 1 aromatic heterocycles. The zero-order chi connectivity index (χ0) is 19.8. The fraction of sp³-hybridized carbons (Fsp3) is 0.450. The van der Waals surface area contributed by atoms with Crippen LogP contribution in [0.2, 0.25) is 0 Å². The van der Waals surface area contributed by atoms with Crippen LogP contribution in [0.4, 0.5) is 0 Å². The summed E-state index contributed by atoms with van der Waals surface area (Å²) in [6, 6.07) is 4.78. The minimum absolute atomic E-state index is 0.178. The molecule has 0 atom stereocenters. The maximum atomic E-state index is 11.8. The summed E-state index contributed by atoms with van der Waals surface area (Å²) < 4.78 is 20.7. The summed E-state index contributed by atoms with van der Waals surface area (Å²) in [5.74, 6) is -0.436. The Morgan fingerprint density at radius 1 is 1.07 bits per heavy atom. The van der Waals surface area contributed by atoms with Crippen LogP contribution in [0.15, 0.2) is 27.4 Å². The van der Waals surface area contributed by atoms with E-state index in [1.165, 1.54) is 6.07 Å². The van der Waals surface area contributed by atoms with Crippen molar-refractivity contribution in [3.8, 4) is 5.75 Å². The summed E-state index contributed by atoms with van der Waals surface area (Å²) in [6.07, 6.45) is 1.31. The number of rotatable bonds is 9. The van der Waals surface area contributed by atoms with Crippen LogP contribution >= 0.6 is 0 Å². The van der Waals surface area contributed by atoms with Gasteiger partial charge >= 0.3 is 17.6 Å². The first-order chi connectivity index (χ1) is 12.9. The number of hydrogen-bond acceptors (Lipinski definition) is 7. The molecule has 0 spiro atoms. The molecule has 2 aromatic rings. The van der Waals surface area contributed by atoms with Gasteiger partial charge in [0.15, 0.2) is 6.61 Å². The third kappa shape index (κ3) is 5.84. The van der Waals surface area contributed by atoms with Gasteiger partial charge in [0, 0.05) is 23.9 Å². The average Bonchev–Trinajstić information content (AvgIpc) is 2.63. The molecule has 0 fully saturated rings. The van der Waals surface area contributed by atoms with Crippen LogP contribution in [0.1, 0.15) is 37.8 Å². The quantitative estimate of drug-likeness (QED) is 0.491. The van der Waals surface area contributed by atoms with Gasteiger partial charge in [0.05, 0.1) is 13.2 Å². The number of fused-ring (bicyclic) bond motifs is 1. The van der Waals surface area contributed by atoms with Gasteiger partial charge in [0.25, 0.3) is 0 Å². The summed E-state index contributed by atoms with van der Waals surface area (Å²) in [6.45, 7) is 5.80. The first-order valence-electron chi connectivity index (χ1n) is 8.96. The Balaban J connectivity index is 2.29. The molecule has 0 N–H and O–H groups in total. The lowest BCUT2D eigenvalue weighted by molar-refractivity contribution is -0.146. The first kappa shape index (κ1) is 20.5. The Labute approximate surface area is 157 Å². The fourth-order valence-corrected chi connectivity index (χ4v) is 2.58. The van der Waals surface area contributed by atoms with Gasteiger partial charge in [-0.2, -0.15) is 0 Å². The minimum Gasteiger partial charge on any atom is -0.481 e. The lowest BCUT2D eigenvalue weighted by Crippen LogP contribution is -2.15. The minimum atomic E-state index is -0.503. The van der Waals surface area contributed by atoms with Crippen molar-refractivity contribution in [1.29, 1.82) is 0 Å². The predicted octanol–water partition coefficient (Wildman–Crippen LogP) is 2.93. The van der Waals surface area contributed by atoms with Gasteiger partial charge in [-0.1, -0.05) is 6.92 Å². The molecule has 27 heavy (non-hydrogen) atoms. The van der Waals surface area contributed by atoms with Gasteiger partial charge in [-0.05, 0) is 43.9 Å². The van der Waals surface area contributed by atoms with Crippen molar-refractivity contribution in [2.45, 2.75) is 40.0 Å². The number of esters is 2. The van der Waals surface area contributed by atoms with Crippen LogP contribution in [0.3, 0.4) is 0 Å². The van der Waals surface area contributed by atoms with Crippen LogP contribution in [-0.2, 0) is 25.5 Å². The van der Waals surface area contributed by atoms with E-state index in [0.29, 0.717) is 24.4 Å². The van der Waals surface area contributed by atoms with Crippen LogP contribution in [0.5, 0.6) is 5.75 Å². The number of benzene rings is 1. The molecule has 0 unspecified atom stereocenters. The van der Waals surface area contributed by atoms with Crippen molar-refractivity contribution in [3.63, 3.8) is 0 Å². The maximum absolute atomic E-state index is 11.8. The highest BCUT2D eigenvalue weighted by Crippen LogP contribution is 2.28. The number of aryl methyl sites for hydroxylation is 2. The molecule has 1 heterocycles. The molecule has 0 bridgehead atoms. The molecule has 146 valence electrons. The Morgan fingerprint density at radius 2 is 1.85 bits per heavy atom. The molecule has 0 aliphatic carbocycles. The van der Waals surface area contributed by atoms with Crippen molar-refractivity contribution >= 4 is 22.9 Å². The normalized spacial score (nSPS) is 10.6. The lowest BCUT2D eigenvalue weighted by Gasteiger charge is -2.13. The maximum Gasteiger partial charge on any atom is 0.344 e. The second kappa shape index (κ2) is 9.75. The highest BCUT2D eigenvalue weighted by molar-refractivity contribution is 5.83. The van der Waals surface area contributed by atoms with Crippen LogP contribution in [0.25, 0.3) is 11.0 Å². The molecular formula is C20H24O7. The van der Waals surface area contributed by atoms with Gasteiger partial charge in [0.1, 0.15) is 11.3 Å². The Kier molecular flexibility index (Phi) is 7.40. The van der Waals surface area contributed by atoms with Crippen molar-refractivity contribution in [2.75, 3.05) is 19.8 Å². The van der Waals surface area contributed by atoms with E-state index in [-0.39, 0.29) is 25.6 Å². The Hall–Kier alpha value is -2.83. The summed E-state index contributed by atoms with van der Waals surface area (Å²) in [5.41, 5.74) is 1.37. The third-order valence-corrected chi connectivity index (χ3v) is 3.85. The van der Waals surface area contributed by atoms with Crippen molar-refractivity contribution < 1.29 is 28.2 Å². The van der Waals surface area contributed by atoms with Crippen LogP contribution < -0.4 is 10.4 Å². The van der Waals surface area contributed by atoms with E-state index in [1.54, 1.807) is 26.0 Å². The molecule has 7 heteroatoms. The molecule has 0 aliphatic rings. The Bertz CT molecular complexity index is 866. The summed E-state index contributed by atoms with van der Waals surface area (Å²) in [5, 5.41) is 0.745. The molecule has 2 rings (SSSR count). The number of hydrogen-bond donors (Lipinski definition) is 0. The summed E-state index contributed by atoms with van der Waals surface area (Å²) in [4.78, 5) is 35.0. The van der Waals surface area contributed by atoms with E-state index < -0.39 is 11.6 Å². The van der Waals surface area contributed by atoms with Gasteiger partial charge in [-0.25, -0.2) is 9.59 Å². The van der Waals surface area contributed by atoms with Gasteiger partial charge in [-0.3, -0.25) is 4.79 Å². The van der Waals surface area contributed by atoms with E-state index in [1.807, 2.05) is 6.92 Å². The molecule has 0 amide bonds. The average molecular weight is 376 g/mol. The fourth-order valence-electron chi connectivity index (χ4n) is 2.58. The highest BCUT2D eigenvalue weighted by atomic mass is 16.6. The molecule has 0 saturated carbocycles. The zero-order valence-electron chi connectivity index (χ0n) is 15.8.